The summed E-state index contributed by atoms with van der Waals surface area (Å²) >= 11 is 0. The van der Waals surface area contributed by atoms with Crippen molar-refractivity contribution in [3.05, 3.63) is 87.6 Å². The largest absolute Gasteiger partial charge is 0.497 e. The first kappa shape index (κ1) is 22.5. The zero-order valence-corrected chi connectivity index (χ0v) is 19.4. The van der Waals surface area contributed by atoms with Gasteiger partial charge in [-0.05, 0) is 47.4 Å². The van der Waals surface area contributed by atoms with Crippen molar-refractivity contribution in [3.63, 3.8) is 0 Å². The van der Waals surface area contributed by atoms with Gasteiger partial charge in [0.25, 0.3) is 11.8 Å². The minimum absolute atomic E-state index is 0.0408. The highest BCUT2D eigenvalue weighted by Crippen LogP contribution is 2.38. The molecule has 4 rings (SSSR count). The molecule has 7 heteroatoms. The van der Waals surface area contributed by atoms with Crippen molar-refractivity contribution in [3.8, 4) is 0 Å². The number of hydrogen-bond donors (Lipinski definition) is 1. The van der Waals surface area contributed by atoms with Crippen molar-refractivity contribution in [1.29, 1.82) is 0 Å². The Morgan fingerprint density at radius 1 is 1.00 bits per heavy atom. The van der Waals surface area contributed by atoms with Gasteiger partial charge < -0.3 is 24.4 Å². The predicted molar refractivity (Wildman–Crippen MR) is 124 cm³/mol. The Morgan fingerprint density at radius 3 is 2.42 bits per heavy atom. The lowest BCUT2D eigenvalue weighted by molar-refractivity contribution is 0.0827. The molecule has 1 heterocycles. The minimum atomic E-state index is -0.0429. The Balaban J connectivity index is 1.65. The normalized spacial score (nSPS) is 15.2. The minimum Gasteiger partial charge on any atom is -0.497 e. The zero-order chi connectivity index (χ0) is 23.5. The van der Waals surface area contributed by atoms with Gasteiger partial charge in [0.2, 0.25) is 0 Å². The van der Waals surface area contributed by atoms with Crippen molar-refractivity contribution in [1.82, 2.24) is 10.2 Å². The zero-order valence-electron chi connectivity index (χ0n) is 19.4. The number of hydrogen-bond acceptors (Lipinski definition) is 5. The Labute approximate surface area is 193 Å². The topological polar surface area (TPSA) is 77.1 Å². The number of ether oxygens (including phenoxy) is 3. The van der Waals surface area contributed by atoms with Gasteiger partial charge in [-0.25, -0.2) is 0 Å². The first-order valence-electron chi connectivity index (χ1n) is 10.8. The van der Waals surface area contributed by atoms with E-state index in [9.17, 15) is 9.59 Å². The molecule has 7 nitrogen and oxygen atoms in total. The van der Waals surface area contributed by atoms with Gasteiger partial charge in [0.15, 0.2) is 11.5 Å². The van der Waals surface area contributed by atoms with Gasteiger partial charge in [0.05, 0.1) is 14.2 Å². The molecule has 0 saturated carbocycles. The SMILES string of the molecule is COC1=C(OC)C(OCc2ccc(C(=O)N(C)C)cc2)=C(c2ccc3c(c2)CNC3=O)CC1. The predicted octanol–water partition coefficient (Wildman–Crippen LogP) is 3.86. The maximum Gasteiger partial charge on any atom is 0.253 e. The molecule has 0 atom stereocenters. The van der Waals surface area contributed by atoms with Crippen LogP contribution in [0.5, 0.6) is 0 Å². The summed E-state index contributed by atoms with van der Waals surface area (Å²) in [5.74, 6) is 1.86. The lowest BCUT2D eigenvalue weighted by atomic mass is 9.92. The fourth-order valence-corrected chi connectivity index (χ4v) is 4.14. The summed E-state index contributed by atoms with van der Waals surface area (Å²) in [6, 6.07) is 13.2. The summed E-state index contributed by atoms with van der Waals surface area (Å²) in [6.07, 6.45) is 1.42. The van der Waals surface area contributed by atoms with Crippen molar-refractivity contribution in [2.45, 2.75) is 26.0 Å². The van der Waals surface area contributed by atoms with Crippen LogP contribution in [0, 0.1) is 0 Å². The maximum atomic E-state index is 12.1. The summed E-state index contributed by atoms with van der Waals surface area (Å²) in [4.78, 5) is 25.6. The van der Waals surface area contributed by atoms with Crippen molar-refractivity contribution >= 4 is 17.4 Å². The third-order valence-electron chi connectivity index (χ3n) is 5.91. The molecule has 0 radical (unpaired) electrons. The number of nitrogens with zero attached hydrogens (tertiary/aromatic N) is 1. The van der Waals surface area contributed by atoms with E-state index in [-0.39, 0.29) is 11.8 Å². The second kappa shape index (κ2) is 9.40. The van der Waals surface area contributed by atoms with Gasteiger partial charge in [-0.1, -0.05) is 18.2 Å². The van der Waals surface area contributed by atoms with E-state index in [1.807, 2.05) is 30.3 Å². The first-order valence-corrected chi connectivity index (χ1v) is 10.8. The molecule has 0 spiro atoms. The summed E-state index contributed by atoms with van der Waals surface area (Å²) in [5, 5.41) is 2.86. The van der Waals surface area contributed by atoms with Crippen LogP contribution >= 0.6 is 0 Å². The van der Waals surface area contributed by atoms with E-state index in [2.05, 4.69) is 5.32 Å². The standard InChI is InChI=1S/C26H28N2O5/c1-28(2)26(30)17-7-5-16(6-8-17)15-33-23-20(11-12-22(31-3)24(23)32-4)18-9-10-21-19(13-18)14-27-25(21)29/h5-10,13H,11-12,14-15H2,1-4H3,(H,27,29). The van der Waals surface area contributed by atoms with Crippen LogP contribution in [0.15, 0.2) is 59.7 Å². The maximum absolute atomic E-state index is 12.1. The Morgan fingerprint density at radius 2 is 1.76 bits per heavy atom. The Kier molecular flexibility index (Phi) is 6.40. The monoisotopic (exact) mass is 448 g/mol. The molecule has 172 valence electrons. The molecule has 0 bridgehead atoms. The molecular weight excluding hydrogens is 420 g/mol. The van der Waals surface area contributed by atoms with E-state index >= 15 is 0 Å². The van der Waals surface area contributed by atoms with Gasteiger partial charge in [0, 0.05) is 43.8 Å². The third kappa shape index (κ3) is 4.44. The van der Waals surface area contributed by atoms with Crippen LogP contribution in [0.25, 0.3) is 5.57 Å². The molecule has 0 unspecified atom stereocenters. The highest BCUT2D eigenvalue weighted by molar-refractivity contribution is 5.98. The Bertz CT molecular complexity index is 1150. The number of fused-ring (bicyclic) bond motifs is 1. The average molecular weight is 449 g/mol. The molecule has 2 aliphatic rings. The molecule has 1 aliphatic carbocycles. The number of carbonyl (C=O) groups excluding carboxylic acids is 2. The number of rotatable bonds is 7. The molecule has 0 fully saturated rings. The van der Waals surface area contributed by atoms with Gasteiger partial charge in [-0.15, -0.1) is 0 Å². The van der Waals surface area contributed by atoms with Crippen LogP contribution < -0.4 is 5.32 Å². The van der Waals surface area contributed by atoms with Gasteiger partial charge in [0.1, 0.15) is 12.4 Å². The highest BCUT2D eigenvalue weighted by Gasteiger charge is 2.28. The van der Waals surface area contributed by atoms with E-state index in [1.54, 1.807) is 45.3 Å². The van der Waals surface area contributed by atoms with Crippen LogP contribution in [-0.4, -0.2) is 45.0 Å². The number of carbonyl (C=O) groups is 2. The lowest BCUT2D eigenvalue weighted by Gasteiger charge is -2.25. The summed E-state index contributed by atoms with van der Waals surface area (Å²) < 4.78 is 17.5. The average Bonchev–Trinajstić information content (AvgIpc) is 3.21. The fourth-order valence-electron chi connectivity index (χ4n) is 4.14. The Hall–Kier alpha value is -3.74. The molecule has 0 aromatic heterocycles. The van der Waals surface area contributed by atoms with E-state index in [4.69, 9.17) is 14.2 Å². The molecule has 1 N–H and O–H groups in total. The van der Waals surface area contributed by atoms with Crippen molar-refractivity contribution in [2.24, 2.45) is 0 Å². The molecule has 0 saturated heterocycles. The number of amides is 2. The summed E-state index contributed by atoms with van der Waals surface area (Å²) in [7, 11) is 6.69. The van der Waals surface area contributed by atoms with Gasteiger partial charge in [-0.2, -0.15) is 0 Å². The third-order valence-corrected chi connectivity index (χ3v) is 5.91. The first-order chi connectivity index (χ1) is 15.9. The molecule has 2 amide bonds. The van der Waals surface area contributed by atoms with Crippen molar-refractivity contribution in [2.75, 3.05) is 28.3 Å². The number of nitrogens with one attached hydrogen (secondary N) is 1. The smallest absolute Gasteiger partial charge is 0.253 e. The summed E-state index contributed by atoms with van der Waals surface area (Å²) in [6.45, 7) is 0.837. The molecule has 1 aliphatic heterocycles. The van der Waals surface area contributed by atoms with E-state index in [0.29, 0.717) is 42.2 Å². The second-order valence-electron chi connectivity index (χ2n) is 8.21. The number of allylic oxidation sites excluding steroid dienone is 2. The second-order valence-corrected chi connectivity index (χ2v) is 8.21. The van der Waals surface area contributed by atoms with Crippen LogP contribution in [0.3, 0.4) is 0 Å². The van der Waals surface area contributed by atoms with Gasteiger partial charge >= 0.3 is 0 Å². The number of methoxy groups -OCH3 is 2. The summed E-state index contributed by atoms with van der Waals surface area (Å²) in [5.41, 5.74) is 5.25. The van der Waals surface area contributed by atoms with E-state index < -0.39 is 0 Å². The molecule has 2 aromatic rings. The molecular formula is C26H28N2O5. The number of benzene rings is 2. The van der Waals surface area contributed by atoms with E-state index in [0.717, 1.165) is 34.4 Å². The lowest BCUT2D eigenvalue weighted by Crippen LogP contribution is -2.21. The van der Waals surface area contributed by atoms with Crippen LogP contribution in [-0.2, 0) is 27.4 Å². The van der Waals surface area contributed by atoms with E-state index in [1.165, 1.54) is 0 Å². The quantitative estimate of drug-likeness (QED) is 0.696. The van der Waals surface area contributed by atoms with Crippen molar-refractivity contribution < 1.29 is 23.8 Å². The molecule has 2 aromatic carbocycles. The highest BCUT2D eigenvalue weighted by atomic mass is 16.5. The fraction of sp³-hybridized carbons (Fsp3) is 0.308. The molecule has 33 heavy (non-hydrogen) atoms. The van der Waals surface area contributed by atoms with Crippen LogP contribution in [0.2, 0.25) is 0 Å². The van der Waals surface area contributed by atoms with Gasteiger partial charge in [-0.3, -0.25) is 9.59 Å². The van der Waals surface area contributed by atoms with Crippen LogP contribution in [0.4, 0.5) is 0 Å². The van der Waals surface area contributed by atoms with Crippen LogP contribution in [0.1, 0.15) is 50.2 Å².